The molecule has 0 aromatic heterocycles. The van der Waals surface area contributed by atoms with Gasteiger partial charge in [0.05, 0.1) is 13.2 Å². The largest absolute Gasteiger partial charge is 0.497 e. The molecule has 4 nitrogen and oxygen atoms in total. The Labute approximate surface area is 171 Å². The molecule has 0 saturated heterocycles. The van der Waals surface area contributed by atoms with Crippen LogP contribution in [0.4, 0.5) is 0 Å². The first-order valence-corrected chi connectivity index (χ1v) is 9.44. The van der Waals surface area contributed by atoms with Crippen LogP contribution in [0.15, 0.2) is 78.9 Å². The average Bonchev–Trinajstić information content (AvgIpc) is 2.73. The fourth-order valence-electron chi connectivity index (χ4n) is 2.74. The number of ether oxygens (including phenoxy) is 3. The van der Waals surface area contributed by atoms with Gasteiger partial charge in [0.1, 0.15) is 17.2 Å². The third kappa shape index (κ3) is 5.98. The Morgan fingerprint density at radius 3 is 1.79 bits per heavy atom. The van der Waals surface area contributed by atoms with E-state index < -0.39 is 5.97 Å². The minimum Gasteiger partial charge on any atom is -0.497 e. The normalized spacial score (nSPS) is 10.9. The summed E-state index contributed by atoms with van der Waals surface area (Å²) in [6, 6.07) is 22.8. The van der Waals surface area contributed by atoms with Crippen LogP contribution < -0.4 is 14.2 Å². The summed E-state index contributed by atoms with van der Waals surface area (Å²) in [5, 5.41) is 0. The lowest BCUT2D eigenvalue weighted by Crippen LogP contribution is -2.05. The van der Waals surface area contributed by atoms with Gasteiger partial charge < -0.3 is 14.2 Å². The second-order valence-corrected chi connectivity index (χ2v) is 6.74. The van der Waals surface area contributed by atoms with Gasteiger partial charge in [-0.1, -0.05) is 36.4 Å². The lowest BCUT2D eigenvalue weighted by atomic mass is 10.1. The fraction of sp³-hybridized carbons (Fsp3) is 0.160. The lowest BCUT2D eigenvalue weighted by molar-refractivity contribution is -0.128. The Morgan fingerprint density at radius 2 is 1.28 bits per heavy atom. The first-order chi connectivity index (χ1) is 14.0. The summed E-state index contributed by atoms with van der Waals surface area (Å²) in [7, 11) is 1.61. The molecular formula is C25H24O4. The molecule has 0 spiro atoms. The number of esters is 1. The highest BCUT2D eigenvalue weighted by molar-refractivity contribution is 5.88. The third-order valence-electron chi connectivity index (χ3n) is 4.16. The van der Waals surface area contributed by atoms with E-state index in [1.807, 2.05) is 74.5 Å². The third-order valence-corrected chi connectivity index (χ3v) is 4.16. The number of carbonyl (C=O) groups excluding carboxylic acids is 1. The number of hydrogen-bond donors (Lipinski definition) is 0. The molecule has 0 N–H and O–H groups in total. The molecule has 0 unspecified atom stereocenters. The lowest BCUT2D eigenvalue weighted by Gasteiger charge is -2.10. The summed E-state index contributed by atoms with van der Waals surface area (Å²) < 4.78 is 16.1. The van der Waals surface area contributed by atoms with E-state index in [1.54, 1.807) is 25.3 Å². The highest BCUT2D eigenvalue weighted by atomic mass is 16.5. The van der Waals surface area contributed by atoms with Crippen molar-refractivity contribution < 1.29 is 19.0 Å². The first-order valence-electron chi connectivity index (χ1n) is 9.44. The summed E-state index contributed by atoms with van der Waals surface area (Å²) >= 11 is 0. The number of carbonyl (C=O) groups is 1. The standard InChI is InChI=1S/C25H24O4/c1-18(2)28-23-13-7-20(8-14-23)21-9-15-24(16-10-21)29-25(26)17-6-19-4-11-22(27-3)12-5-19/h4-18H,1-3H3/b17-6+. The topological polar surface area (TPSA) is 44.8 Å². The smallest absolute Gasteiger partial charge is 0.336 e. The predicted octanol–water partition coefficient (Wildman–Crippen LogP) is 5.77. The number of methoxy groups -OCH3 is 1. The van der Waals surface area contributed by atoms with E-state index >= 15 is 0 Å². The molecule has 29 heavy (non-hydrogen) atoms. The summed E-state index contributed by atoms with van der Waals surface area (Å²) in [5.41, 5.74) is 3.00. The first kappa shape index (κ1) is 20.2. The van der Waals surface area contributed by atoms with Gasteiger partial charge in [0.15, 0.2) is 0 Å². The minimum atomic E-state index is -0.427. The maximum absolute atomic E-state index is 12.0. The van der Waals surface area contributed by atoms with Crippen LogP contribution in [0.5, 0.6) is 17.2 Å². The molecule has 0 fully saturated rings. The van der Waals surface area contributed by atoms with Crippen LogP contribution in [0, 0.1) is 0 Å². The molecule has 3 rings (SSSR count). The molecule has 0 aliphatic rings. The van der Waals surface area contributed by atoms with Gasteiger partial charge in [-0.25, -0.2) is 4.79 Å². The highest BCUT2D eigenvalue weighted by Crippen LogP contribution is 2.25. The van der Waals surface area contributed by atoms with Crippen molar-refractivity contribution in [3.8, 4) is 28.4 Å². The van der Waals surface area contributed by atoms with Crippen molar-refractivity contribution in [1.29, 1.82) is 0 Å². The van der Waals surface area contributed by atoms with Crippen molar-refractivity contribution in [1.82, 2.24) is 0 Å². The predicted molar refractivity (Wildman–Crippen MR) is 115 cm³/mol. The Bertz CT molecular complexity index is 953. The van der Waals surface area contributed by atoms with Gasteiger partial charge in [-0.2, -0.15) is 0 Å². The van der Waals surface area contributed by atoms with Crippen molar-refractivity contribution in [2.75, 3.05) is 7.11 Å². The zero-order valence-corrected chi connectivity index (χ0v) is 16.8. The maximum atomic E-state index is 12.0. The van der Waals surface area contributed by atoms with Crippen LogP contribution in [0.2, 0.25) is 0 Å². The van der Waals surface area contributed by atoms with Gasteiger partial charge in [-0.3, -0.25) is 0 Å². The minimum absolute atomic E-state index is 0.147. The van der Waals surface area contributed by atoms with E-state index in [9.17, 15) is 4.79 Å². The number of hydrogen-bond acceptors (Lipinski definition) is 4. The van der Waals surface area contributed by atoms with Gasteiger partial charge >= 0.3 is 5.97 Å². The van der Waals surface area contributed by atoms with Crippen LogP contribution in [0.1, 0.15) is 19.4 Å². The monoisotopic (exact) mass is 388 g/mol. The molecule has 0 radical (unpaired) electrons. The van der Waals surface area contributed by atoms with Crippen molar-refractivity contribution in [3.63, 3.8) is 0 Å². The van der Waals surface area contributed by atoms with Crippen molar-refractivity contribution in [2.24, 2.45) is 0 Å². The quantitative estimate of drug-likeness (QED) is 0.293. The maximum Gasteiger partial charge on any atom is 0.336 e. The SMILES string of the molecule is COc1ccc(/C=C/C(=O)Oc2ccc(-c3ccc(OC(C)C)cc3)cc2)cc1. The van der Waals surface area contributed by atoms with Crippen molar-refractivity contribution in [2.45, 2.75) is 20.0 Å². The van der Waals surface area contributed by atoms with Crippen LogP contribution in [-0.4, -0.2) is 19.2 Å². The molecule has 4 heteroatoms. The molecule has 0 bridgehead atoms. The Hall–Kier alpha value is -3.53. The summed E-state index contributed by atoms with van der Waals surface area (Å²) in [6.07, 6.45) is 3.26. The van der Waals surface area contributed by atoms with Crippen LogP contribution in [0.25, 0.3) is 17.2 Å². The van der Waals surface area contributed by atoms with Crippen LogP contribution in [-0.2, 0) is 4.79 Å². The van der Waals surface area contributed by atoms with Gasteiger partial charge in [-0.05, 0) is 73.0 Å². The van der Waals surface area contributed by atoms with E-state index in [0.29, 0.717) is 5.75 Å². The van der Waals surface area contributed by atoms with Gasteiger partial charge in [-0.15, -0.1) is 0 Å². The van der Waals surface area contributed by atoms with Crippen molar-refractivity contribution in [3.05, 3.63) is 84.4 Å². The Balaban J connectivity index is 1.59. The van der Waals surface area contributed by atoms with E-state index in [0.717, 1.165) is 28.2 Å². The zero-order valence-electron chi connectivity index (χ0n) is 16.8. The van der Waals surface area contributed by atoms with E-state index in [2.05, 4.69) is 0 Å². The molecule has 0 heterocycles. The molecule has 0 saturated carbocycles. The summed E-state index contributed by atoms with van der Waals surface area (Å²) in [6.45, 7) is 4.00. The van der Waals surface area contributed by atoms with E-state index in [-0.39, 0.29) is 6.10 Å². The Kier molecular flexibility index (Phi) is 6.69. The number of benzene rings is 3. The van der Waals surface area contributed by atoms with Gasteiger partial charge in [0, 0.05) is 6.08 Å². The Morgan fingerprint density at radius 1 is 0.759 bits per heavy atom. The fourth-order valence-corrected chi connectivity index (χ4v) is 2.74. The molecule has 0 atom stereocenters. The van der Waals surface area contributed by atoms with Crippen molar-refractivity contribution >= 4 is 12.0 Å². The summed E-state index contributed by atoms with van der Waals surface area (Å²) in [5.74, 6) is 1.69. The molecular weight excluding hydrogens is 364 g/mol. The van der Waals surface area contributed by atoms with E-state index in [1.165, 1.54) is 6.08 Å². The second-order valence-electron chi connectivity index (χ2n) is 6.74. The van der Waals surface area contributed by atoms with Gasteiger partial charge in [0.2, 0.25) is 0 Å². The average molecular weight is 388 g/mol. The van der Waals surface area contributed by atoms with Gasteiger partial charge in [0.25, 0.3) is 0 Å². The van der Waals surface area contributed by atoms with Crippen LogP contribution in [0.3, 0.4) is 0 Å². The molecule has 148 valence electrons. The molecule has 3 aromatic carbocycles. The molecule has 0 amide bonds. The van der Waals surface area contributed by atoms with E-state index in [4.69, 9.17) is 14.2 Å². The molecule has 0 aliphatic heterocycles. The summed E-state index contributed by atoms with van der Waals surface area (Å²) in [4.78, 5) is 12.0. The second kappa shape index (κ2) is 9.60. The molecule has 0 aliphatic carbocycles. The zero-order chi connectivity index (χ0) is 20.6. The molecule has 3 aromatic rings. The number of rotatable bonds is 7. The highest BCUT2D eigenvalue weighted by Gasteiger charge is 2.04. The van der Waals surface area contributed by atoms with Crippen LogP contribution >= 0.6 is 0 Å².